The number of hydrogen-bond donors (Lipinski definition) is 6. The maximum atomic E-state index is 6.45. The molecule has 0 fully saturated rings. The summed E-state index contributed by atoms with van der Waals surface area (Å²) in [6, 6.07) is 16.9. The lowest BCUT2D eigenvalue weighted by Gasteiger charge is -2.17. The van der Waals surface area contributed by atoms with Crippen molar-refractivity contribution in [3.8, 4) is 5.75 Å². The molecule has 0 saturated heterocycles. The number of nitrogens with one attached hydrogen (secondary N) is 2. The van der Waals surface area contributed by atoms with Gasteiger partial charge in [-0.3, -0.25) is 0 Å². The molecule has 2 rings (SSSR count). The van der Waals surface area contributed by atoms with Crippen molar-refractivity contribution >= 4 is 0 Å². The van der Waals surface area contributed by atoms with Gasteiger partial charge in [-0.1, -0.05) is 36.4 Å². The van der Waals surface area contributed by atoms with Crippen molar-refractivity contribution in [1.82, 2.24) is 10.6 Å². The topological polar surface area (TPSA) is 137 Å². The van der Waals surface area contributed by atoms with Crippen LogP contribution in [0.3, 0.4) is 0 Å². The first-order valence-corrected chi connectivity index (χ1v) is 12.7. The first-order valence-electron chi connectivity index (χ1n) is 12.7. The minimum Gasteiger partial charge on any atom is -0.489 e. The second kappa shape index (κ2) is 17.4. The highest BCUT2D eigenvalue weighted by atomic mass is 16.5. The Bertz CT molecular complexity index is 733. The molecule has 34 heavy (non-hydrogen) atoms. The first kappa shape index (κ1) is 28.2. The Labute approximate surface area is 206 Å². The highest BCUT2D eigenvalue weighted by Crippen LogP contribution is 2.21. The standard InChI is InChI=1S/C27H46N6O/c28-10-4-12-32-14-8-25(30)17-23-16-24(18-26(31)9-15-33-13-5-11-29)20-27(19-23)34-21-22-6-2-1-3-7-22/h1-3,6-7,16,19-20,25-26,32-33H,4-5,8-15,17-18,21,28-31H2. The summed E-state index contributed by atoms with van der Waals surface area (Å²) in [7, 11) is 0. The van der Waals surface area contributed by atoms with E-state index in [1.165, 1.54) is 11.1 Å². The van der Waals surface area contributed by atoms with Gasteiger partial charge in [0.15, 0.2) is 0 Å². The van der Waals surface area contributed by atoms with Crippen molar-refractivity contribution in [3.05, 3.63) is 65.2 Å². The molecule has 0 aromatic heterocycles. The average molecular weight is 471 g/mol. The monoisotopic (exact) mass is 470 g/mol. The Kier molecular flexibility index (Phi) is 14.5. The lowest BCUT2D eigenvalue weighted by Crippen LogP contribution is -2.30. The zero-order valence-electron chi connectivity index (χ0n) is 20.7. The van der Waals surface area contributed by atoms with Gasteiger partial charge < -0.3 is 38.3 Å². The van der Waals surface area contributed by atoms with Gasteiger partial charge in [-0.15, -0.1) is 0 Å². The van der Waals surface area contributed by atoms with E-state index in [0.29, 0.717) is 19.7 Å². The Morgan fingerprint density at radius 3 is 1.71 bits per heavy atom. The van der Waals surface area contributed by atoms with E-state index in [2.05, 4.69) is 41.0 Å². The third-order valence-corrected chi connectivity index (χ3v) is 5.77. The van der Waals surface area contributed by atoms with Crippen molar-refractivity contribution in [3.63, 3.8) is 0 Å². The van der Waals surface area contributed by atoms with Crippen LogP contribution in [0, 0.1) is 0 Å². The summed E-state index contributed by atoms with van der Waals surface area (Å²) in [4.78, 5) is 0. The zero-order valence-corrected chi connectivity index (χ0v) is 20.7. The van der Waals surface area contributed by atoms with E-state index in [1.54, 1.807) is 0 Å². The van der Waals surface area contributed by atoms with Crippen molar-refractivity contribution in [1.29, 1.82) is 0 Å². The van der Waals surface area contributed by atoms with E-state index in [1.807, 2.05) is 18.2 Å². The van der Waals surface area contributed by atoms with Crippen LogP contribution in [0.5, 0.6) is 5.75 Å². The fourth-order valence-electron chi connectivity index (χ4n) is 3.88. The van der Waals surface area contributed by atoms with E-state index < -0.39 is 0 Å². The van der Waals surface area contributed by atoms with Gasteiger partial charge in [-0.25, -0.2) is 0 Å². The van der Waals surface area contributed by atoms with Crippen molar-refractivity contribution in [2.24, 2.45) is 22.9 Å². The number of nitrogens with two attached hydrogens (primary N) is 4. The lowest BCUT2D eigenvalue weighted by atomic mass is 9.97. The summed E-state index contributed by atoms with van der Waals surface area (Å²) in [5.74, 6) is 0.873. The molecule has 2 aromatic rings. The number of rotatable bonds is 19. The molecule has 2 unspecified atom stereocenters. The number of ether oxygens (including phenoxy) is 1. The molecule has 0 bridgehead atoms. The van der Waals surface area contributed by atoms with Gasteiger partial charge in [0.1, 0.15) is 12.4 Å². The average Bonchev–Trinajstić information content (AvgIpc) is 2.83. The Balaban J connectivity index is 1.96. The van der Waals surface area contributed by atoms with Crippen LogP contribution in [0.25, 0.3) is 0 Å². The lowest BCUT2D eigenvalue weighted by molar-refractivity contribution is 0.305. The predicted molar refractivity (Wildman–Crippen MR) is 143 cm³/mol. The predicted octanol–water partition coefficient (Wildman–Crippen LogP) is 1.66. The molecular weight excluding hydrogens is 424 g/mol. The summed E-state index contributed by atoms with van der Waals surface area (Å²) in [5.41, 5.74) is 27.5. The maximum absolute atomic E-state index is 6.45. The molecule has 0 aliphatic heterocycles. The molecule has 2 atom stereocenters. The SMILES string of the molecule is NCCCNCCC(N)Cc1cc(CC(N)CCNCCCN)cc(OCc2ccccc2)c1. The second-order valence-electron chi connectivity index (χ2n) is 9.05. The Morgan fingerprint density at radius 2 is 1.21 bits per heavy atom. The summed E-state index contributed by atoms with van der Waals surface area (Å²) in [6.45, 7) is 5.65. The third-order valence-electron chi connectivity index (χ3n) is 5.77. The Hall–Kier alpha value is -2.00. The van der Waals surface area contributed by atoms with Crippen LogP contribution >= 0.6 is 0 Å². The van der Waals surface area contributed by atoms with E-state index in [4.69, 9.17) is 27.7 Å². The molecule has 0 aliphatic carbocycles. The quantitative estimate of drug-likeness (QED) is 0.172. The number of hydrogen-bond acceptors (Lipinski definition) is 7. The summed E-state index contributed by atoms with van der Waals surface area (Å²) in [6.07, 6.45) is 5.43. The normalized spacial score (nSPS) is 13.1. The van der Waals surface area contributed by atoms with Gasteiger partial charge in [0.2, 0.25) is 0 Å². The Morgan fingerprint density at radius 1 is 0.676 bits per heavy atom. The van der Waals surface area contributed by atoms with E-state index in [-0.39, 0.29) is 12.1 Å². The molecule has 0 heterocycles. The highest BCUT2D eigenvalue weighted by molar-refractivity contribution is 5.36. The van der Waals surface area contributed by atoms with Crippen LogP contribution in [-0.4, -0.2) is 51.4 Å². The molecule has 10 N–H and O–H groups in total. The fourth-order valence-corrected chi connectivity index (χ4v) is 3.88. The zero-order chi connectivity index (χ0) is 24.4. The van der Waals surface area contributed by atoms with Crippen molar-refractivity contribution in [2.75, 3.05) is 39.3 Å². The molecule has 2 aromatic carbocycles. The van der Waals surface area contributed by atoms with Gasteiger partial charge in [-0.2, -0.15) is 0 Å². The highest BCUT2D eigenvalue weighted by Gasteiger charge is 2.11. The smallest absolute Gasteiger partial charge is 0.120 e. The van der Waals surface area contributed by atoms with Gasteiger partial charge in [-0.05, 0) is 107 Å². The van der Waals surface area contributed by atoms with E-state index in [0.717, 1.165) is 76.0 Å². The fraction of sp³-hybridized carbons (Fsp3) is 0.556. The molecule has 0 aliphatic rings. The van der Waals surface area contributed by atoms with E-state index in [9.17, 15) is 0 Å². The van der Waals surface area contributed by atoms with Crippen LogP contribution in [0.4, 0.5) is 0 Å². The largest absolute Gasteiger partial charge is 0.489 e. The molecule has 0 amide bonds. The molecule has 0 radical (unpaired) electrons. The first-order chi connectivity index (χ1) is 16.6. The van der Waals surface area contributed by atoms with Gasteiger partial charge in [0.05, 0.1) is 0 Å². The van der Waals surface area contributed by atoms with Crippen LogP contribution in [-0.2, 0) is 19.4 Å². The molecule has 0 spiro atoms. The van der Waals surface area contributed by atoms with Crippen LogP contribution in [0.1, 0.15) is 42.4 Å². The van der Waals surface area contributed by atoms with Crippen molar-refractivity contribution in [2.45, 2.75) is 57.2 Å². The summed E-state index contributed by atoms with van der Waals surface area (Å²) >= 11 is 0. The van der Waals surface area contributed by atoms with Crippen LogP contribution in [0.2, 0.25) is 0 Å². The minimum absolute atomic E-state index is 0.0861. The van der Waals surface area contributed by atoms with E-state index >= 15 is 0 Å². The third kappa shape index (κ3) is 12.5. The molecular formula is C27H46N6O. The van der Waals surface area contributed by atoms with Crippen LogP contribution in [0.15, 0.2) is 48.5 Å². The summed E-state index contributed by atoms with van der Waals surface area (Å²) < 4.78 is 6.16. The van der Waals surface area contributed by atoms with Crippen molar-refractivity contribution < 1.29 is 4.74 Å². The van der Waals surface area contributed by atoms with Gasteiger partial charge >= 0.3 is 0 Å². The second-order valence-corrected chi connectivity index (χ2v) is 9.05. The molecule has 7 nitrogen and oxygen atoms in total. The summed E-state index contributed by atoms with van der Waals surface area (Å²) in [5, 5.41) is 6.82. The maximum Gasteiger partial charge on any atom is 0.120 e. The van der Waals surface area contributed by atoms with Gasteiger partial charge in [0.25, 0.3) is 0 Å². The molecule has 0 saturated carbocycles. The molecule has 190 valence electrons. The number of benzene rings is 2. The van der Waals surface area contributed by atoms with Gasteiger partial charge in [0, 0.05) is 12.1 Å². The van der Waals surface area contributed by atoms with Crippen LogP contribution < -0.4 is 38.3 Å². The minimum atomic E-state index is 0.0861. The molecule has 7 heteroatoms.